The molecule has 0 saturated carbocycles. The van der Waals surface area contributed by atoms with Crippen LogP contribution < -0.4 is 5.56 Å². The van der Waals surface area contributed by atoms with E-state index < -0.39 is 0 Å². The second kappa shape index (κ2) is 8.19. The first-order valence-corrected chi connectivity index (χ1v) is 10.3. The van der Waals surface area contributed by atoms with Crippen LogP contribution in [0.25, 0.3) is 5.65 Å². The van der Waals surface area contributed by atoms with Crippen LogP contribution in [0.2, 0.25) is 0 Å². The first-order valence-electron chi connectivity index (χ1n) is 10.3. The largest absolute Gasteiger partial charge is 0.338 e. The molecule has 29 heavy (non-hydrogen) atoms. The summed E-state index contributed by atoms with van der Waals surface area (Å²) in [6.07, 6.45) is 7.36. The summed E-state index contributed by atoms with van der Waals surface area (Å²) in [6, 6.07) is 12.4. The van der Waals surface area contributed by atoms with Crippen LogP contribution in [0.3, 0.4) is 0 Å². The lowest BCUT2D eigenvalue weighted by Crippen LogP contribution is -2.41. The lowest BCUT2D eigenvalue weighted by molar-refractivity contribution is 0.0684. The summed E-state index contributed by atoms with van der Waals surface area (Å²) >= 11 is 0. The number of hydrogen-bond acceptors (Lipinski definition) is 3. The number of piperidine rings is 1. The zero-order valence-electron chi connectivity index (χ0n) is 17.1. The van der Waals surface area contributed by atoms with Gasteiger partial charge in [0.1, 0.15) is 11.2 Å². The van der Waals surface area contributed by atoms with Crippen molar-refractivity contribution in [3.63, 3.8) is 0 Å². The van der Waals surface area contributed by atoms with E-state index in [0.717, 1.165) is 31.2 Å². The molecule has 0 bridgehead atoms. The van der Waals surface area contributed by atoms with E-state index in [1.165, 1.54) is 21.7 Å². The second-order valence-electron chi connectivity index (χ2n) is 8.17. The summed E-state index contributed by atoms with van der Waals surface area (Å²) in [4.78, 5) is 31.8. The number of aromatic nitrogens is 2. The van der Waals surface area contributed by atoms with Crippen LogP contribution in [0.15, 0.2) is 53.6 Å². The minimum Gasteiger partial charge on any atom is -0.338 e. The molecular formula is C24H27N3O2. The van der Waals surface area contributed by atoms with Crippen LogP contribution in [0, 0.1) is 19.8 Å². The minimum absolute atomic E-state index is 0.159. The molecule has 1 saturated heterocycles. The Bertz CT molecular complexity index is 1080. The molecule has 1 amide bonds. The molecule has 2 aromatic heterocycles. The zero-order chi connectivity index (χ0) is 20.4. The molecule has 4 rings (SSSR count). The van der Waals surface area contributed by atoms with E-state index in [0.29, 0.717) is 24.7 Å². The first-order chi connectivity index (χ1) is 14.0. The van der Waals surface area contributed by atoms with Crippen molar-refractivity contribution in [2.75, 3.05) is 13.1 Å². The van der Waals surface area contributed by atoms with E-state index >= 15 is 0 Å². The van der Waals surface area contributed by atoms with Gasteiger partial charge < -0.3 is 4.90 Å². The van der Waals surface area contributed by atoms with Gasteiger partial charge in [-0.15, -0.1) is 0 Å². The van der Waals surface area contributed by atoms with Crippen molar-refractivity contribution < 1.29 is 4.79 Å². The topological polar surface area (TPSA) is 54.7 Å². The number of carbonyl (C=O) groups is 1. The van der Waals surface area contributed by atoms with Gasteiger partial charge in [-0.1, -0.05) is 35.9 Å². The minimum atomic E-state index is -0.287. The van der Waals surface area contributed by atoms with Gasteiger partial charge in [0.05, 0.1) is 0 Å². The molecule has 1 aromatic carbocycles. The number of likely N-dealkylation sites (tertiary alicyclic amines) is 1. The van der Waals surface area contributed by atoms with Gasteiger partial charge in [-0.05, 0) is 62.6 Å². The molecule has 1 aliphatic rings. The fourth-order valence-corrected chi connectivity index (χ4v) is 4.05. The summed E-state index contributed by atoms with van der Waals surface area (Å²) in [5, 5.41) is 0. The molecule has 3 heterocycles. The number of amides is 1. The Hall–Kier alpha value is -2.95. The third-order valence-corrected chi connectivity index (χ3v) is 5.94. The summed E-state index contributed by atoms with van der Waals surface area (Å²) < 4.78 is 1.47. The van der Waals surface area contributed by atoms with Crippen LogP contribution in [-0.4, -0.2) is 33.3 Å². The average Bonchev–Trinajstić information content (AvgIpc) is 2.74. The highest BCUT2D eigenvalue weighted by Crippen LogP contribution is 2.23. The molecule has 0 spiro atoms. The van der Waals surface area contributed by atoms with Gasteiger partial charge in [-0.25, -0.2) is 4.98 Å². The van der Waals surface area contributed by atoms with Gasteiger partial charge in [-0.2, -0.15) is 0 Å². The Kier molecular flexibility index (Phi) is 5.47. The van der Waals surface area contributed by atoms with E-state index in [2.05, 4.69) is 36.2 Å². The fraction of sp³-hybridized carbons (Fsp3) is 0.375. The highest BCUT2D eigenvalue weighted by Gasteiger charge is 2.25. The molecule has 150 valence electrons. The molecule has 0 aliphatic carbocycles. The quantitative estimate of drug-likeness (QED) is 0.682. The number of pyridine rings is 1. The van der Waals surface area contributed by atoms with Crippen molar-refractivity contribution in [1.82, 2.24) is 14.3 Å². The van der Waals surface area contributed by atoms with Crippen molar-refractivity contribution in [2.45, 2.75) is 39.5 Å². The molecule has 1 aliphatic heterocycles. The van der Waals surface area contributed by atoms with Crippen LogP contribution in [0.4, 0.5) is 0 Å². The second-order valence-corrected chi connectivity index (χ2v) is 8.17. The molecule has 0 radical (unpaired) electrons. The third kappa shape index (κ3) is 4.24. The Morgan fingerprint density at radius 3 is 2.45 bits per heavy atom. The molecular weight excluding hydrogens is 362 g/mol. The molecule has 3 aromatic rings. The number of fused-ring (bicyclic) bond motifs is 1. The van der Waals surface area contributed by atoms with Crippen molar-refractivity contribution in [2.24, 2.45) is 5.92 Å². The van der Waals surface area contributed by atoms with E-state index in [9.17, 15) is 9.59 Å². The predicted octanol–water partition coefficient (Wildman–Crippen LogP) is 3.80. The maximum absolute atomic E-state index is 12.9. The fourth-order valence-electron chi connectivity index (χ4n) is 4.05. The van der Waals surface area contributed by atoms with Gasteiger partial charge in [0.2, 0.25) is 0 Å². The Balaban J connectivity index is 1.39. The number of benzene rings is 1. The van der Waals surface area contributed by atoms with Crippen molar-refractivity contribution in [3.05, 3.63) is 81.4 Å². The smallest absolute Gasteiger partial charge is 0.270 e. The average molecular weight is 389 g/mol. The molecule has 5 heteroatoms. The highest BCUT2D eigenvalue weighted by atomic mass is 16.2. The lowest BCUT2D eigenvalue weighted by atomic mass is 9.90. The third-order valence-electron chi connectivity index (χ3n) is 5.94. The summed E-state index contributed by atoms with van der Waals surface area (Å²) in [5.74, 6) is 0.425. The molecule has 5 nitrogen and oxygen atoms in total. The predicted molar refractivity (Wildman–Crippen MR) is 114 cm³/mol. The van der Waals surface area contributed by atoms with Gasteiger partial charge in [0.25, 0.3) is 11.5 Å². The summed E-state index contributed by atoms with van der Waals surface area (Å²) in [7, 11) is 0. The maximum atomic E-state index is 12.9. The lowest BCUT2D eigenvalue weighted by Gasteiger charge is -2.32. The first kappa shape index (κ1) is 19.4. The zero-order valence-corrected chi connectivity index (χ0v) is 17.1. The molecule has 0 unspecified atom stereocenters. The Morgan fingerprint density at radius 2 is 1.72 bits per heavy atom. The standard InChI is InChI=1S/C24H27N3O2/c1-17-3-6-19(7-4-17)8-9-20-11-13-26(14-12-20)23(28)21-15-25-22-10-5-18(2)16-27(22)24(21)29/h3-7,10,15-16,20H,8-9,11-14H2,1-2H3. The van der Waals surface area contributed by atoms with Gasteiger partial charge in [0.15, 0.2) is 0 Å². The summed E-state index contributed by atoms with van der Waals surface area (Å²) in [5.41, 5.74) is 4.05. The van der Waals surface area contributed by atoms with Crippen molar-refractivity contribution in [1.29, 1.82) is 0 Å². The van der Waals surface area contributed by atoms with E-state index in [1.54, 1.807) is 12.3 Å². The Morgan fingerprint density at radius 1 is 1.03 bits per heavy atom. The summed E-state index contributed by atoms with van der Waals surface area (Å²) in [6.45, 7) is 5.43. The van der Waals surface area contributed by atoms with Crippen molar-refractivity contribution in [3.8, 4) is 0 Å². The number of hydrogen-bond donors (Lipinski definition) is 0. The maximum Gasteiger partial charge on any atom is 0.270 e. The number of aryl methyl sites for hydroxylation is 3. The monoisotopic (exact) mass is 389 g/mol. The molecule has 0 N–H and O–H groups in total. The number of nitrogens with zero attached hydrogens (tertiary/aromatic N) is 3. The van der Waals surface area contributed by atoms with Crippen molar-refractivity contribution >= 4 is 11.6 Å². The van der Waals surface area contributed by atoms with E-state index in [4.69, 9.17) is 0 Å². The van der Waals surface area contributed by atoms with Crippen LogP contribution in [0.5, 0.6) is 0 Å². The number of carbonyl (C=O) groups excluding carboxylic acids is 1. The van der Waals surface area contributed by atoms with Gasteiger partial charge in [-0.3, -0.25) is 14.0 Å². The SMILES string of the molecule is Cc1ccc(CCC2CCN(C(=O)c3cnc4ccc(C)cn4c3=O)CC2)cc1. The van der Waals surface area contributed by atoms with E-state index in [1.807, 2.05) is 17.9 Å². The molecule has 0 atom stereocenters. The molecule has 1 fully saturated rings. The van der Waals surface area contributed by atoms with Crippen LogP contribution in [0.1, 0.15) is 46.3 Å². The normalized spacial score (nSPS) is 15.0. The van der Waals surface area contributed by atoms with E-state index in [-0.39, 0.29) is 17.0 Å². The van der Waals surface area contributed by atoms with Gasteiger partial charge in [0, 0.05) is 25.5 Å². The Labute approximate surface area is 171 Å². The van der Waals surface area contributed by atoms with Crippen LogP contribution >= 0.6 is 0 Å². The van der Waals surface area contributed by atoms with Crippen LogP contribution in [-0.2, 0) is 6.42 Å². The van der Waals surface area contributed by atoms with Gasteiger partial charge >= 0.3 is 0 Å². The number of rotatable bonds is 4. The highest BCUT2D eigenvalue weighted by molar-refractivity contribution is 5.93.